The zero-order valence-electron chi connectivity index (χ0n) is 12.9. The summed E-state index contributed by atoms with van der Waals surface area (Å²) >= 11 is 6.01. The molecule has 1 aliphatic heterocycles. The fourth-order valence-electron chi connectivity index (χ4n) is 2.45. The molecule has 124 valence electrons. The van der Waals surface area contributed by atoms with E-state index < -0.39 is 11.9 Å². The topological polar surface area (TPSA) is 75.7 Å². The van der Waals surface area contributed by atoms with Crippen LogP contribution in [0, 0.1) is 0 Å². The van der Waals surface area contributed by atoms with Crippen molar-refractivity contribution in [2.24, 2.45) is 0 Å². The average molecular weight is 339 g/mol. The number of esters is 1. The van der Waals surface area contributed by atoms with E-state index in [4.69, 9.17) is 11.6 Å². The third kappa shape index (κ3) is 4.69. The molecule has 0 radical (unpaired) electrons. The lowest BCUT2D eigenvalue weighted by molar-refractivity contribution is -0.135. The highest BCUT2D eigenvalue weighted by atomic mass is 35.5. The van der Waals surface area contributed by atoms with Crippen molar-refractivity contribution in [2.75, 3.05) is 25.5 Å². The van der Waals surface area contributed by atoms with Crippen molar-refractivity contribution in [3.63, 3.8) is 0 Å². The molecule has 6 nitrogen and oxygen atoms in total. The third-order valence-corrected chi connectivity index (χ3v) is 4.01. The lowest BCUT2D eigenvalue weighted by Gasteiger charge is -2.26. The molecule has 0 aromatic heterocycles. The van der Waals surface area contributed by atoms with E-state index in [1.807, 2.05) is 0 Å². The lowest BCUT2D eigenvalue weighted by Crippen LogP contribution is -2.37. The summed E-state index contributed by atoms with van der Waals surface area (Å²) in [6, 6.07) is 4.43. The second-order valence-corrected chi connectivity index (χ2v) is 5.76. The summed E-state index contributed by atoms with van der Waals surface area (Å²) in [5, 5.41) is 2.86. The maximum absolute atomic E-state index is 12.1. The van der Waals surface area contributed by atoms with Crippen molar-refractivity contribution >= 4 is 35.1 Å². The number of carbonyl (C=O) groups is 3. The van der Waals surface area contributed by atoms with Crippen LogP contribution in [0.1, 0.15) is 36.0 Å². The Bertz CT molecular complexity index is 612. The number of rotatable bonds is 4. The second kappa shape index (κ2) is 7.97. The number of nitrogens with one attached hydrogen (secondary N) is 1. The molecule has 0 bridgehead atoms. The van der Waals surface area contributed by atoms with Crippen molar-refractivity contribution < 1.29 is 19.1 Å². The highest BCUT2D eigenvalue weighted by Crippen LogP contribution is 2.23. The smallest absolute Gasteiger partial charge is 0.337 e. The van der Waals surface area contributed by atoms with Crippen LogP contribution in [-0.2, 0) is 14.3 Å². The summed E-state index contributed by atoms with van der Waals surface area (Å²) in [4.78, 5) is 37.3. The van der Waals surface area contributed by atoms with E-state index >= 15 is 0 Å². The molecule has 0 spiro atoms. The first-order valence-corrected chi connectivity index (χ1v) is 7.84. The van der Waals surface area contributed by atoms with Crippen LogP contribution in [0.3, 0.4) is 0 Å². The minimum Gasteiger partial charge on any atom is -0.465 e. The van der Waals surface area contributed by atoms with Gasteiger partial charge in [-0.15, -0.1) is 0 Å². The molecule has 1 saturated heterocycles. The van der Waals surface area contributed by atoms with Crippen LogP contribution in [0.25, 0.3) is 0 Å². The summed E-state index contributed by atoms with van der Waals surface area (Å²) in [6.45, 7) is 1.40. The van der Waals surface area contributed by atoms with E-state index in [1.54, 1.807) is 4.90 Å². The minimum absolute atomic E-state index is 0.192. The highest BCUT2D eigenvalue weighted by molar-refractivity contribution is 6.34. The molecule has 2 amide bonds. The number of halogens is 1. The normalized spacial score (nSPS) is 14.3. The van der Waals surface area contributed by atoms with E-state index in [1.165, 1.54) is 25.3 Å². The Morgan fingerprint density at radius 2 is 1.91 bits per heavy atom. The van der Waals surface area contributed by atoms with Gasteiger partial charge in [0.25, 0.3) is 0 Å². The van der Waals surface area contributed by atoms with E-state index in [9.17, 15) is 14.4 Å². The zero-order valence-corrected chi connectivity index (χ0v) is 13.7. The van der Waals surface area contributed by atoms with Crippen molar-refractivity contribution in [3.8, 4) is 0 Å². The summed E-state index contributed by atoms with van der Waals surface area (Å²) in [5.74, 6) is -1.17. The molecule has 0 saturated carbocycles. The Kier molecular flexibility index (Phi) is 5.98. The molecule has 7 heteroatoms. The van der Waals surface area contributed by atoms with Crippen LogP contribution >= 0.6 is 11.6 Å². The Balaban J connectivity index is 1.99. The van der Waals surface area contributed by atoms with Gasteiger partial charge in [0.15, 0.2) is 0 Å². The Morgan fingerprint density at radius 3 is 2.57 bits per heavy atom. The number of hydrogen-bond acceptors (Lipinski definition) is 4. The predicted molar refractivity (Wildman–Crippen MR) is 86.5 cm³/mol. The van der Waals surface area contributed by atoms with E-state index in [-0.39, 0.29) is 28.6 Å². The van der Waals surface area contributed by atoms with Gasteiger partial charge in [0.1, 0.15) is 6.42 Å². The number of methoxy groups -OCH3 is 1. The van der Waals surface area contributed by atoms with Crippen molar-refractivity contribution in [1.29, 1.82) is 0 Å². The average Bonchev–Trinajstić information content (AvgIpc) is 2.56. The van der Waals surface area contributed by atoms with Gasteiger partial charge in [-0.2, -0.15) is 0 Å². The quantitative estimate of drug-likeness (QED) is 0.676. The molecule has 1 aromatic rings. The molecule has 1 aliphatic rings. The van der Waals surface area contributed by atoms with Gasteiger partial charge in [-0.05, 0) is 37.5 Å². The number of benzene rings is 1. The molecular formula is C16H19ClN2O4. The number of piperidine rings is 1. The van der Waals surface area contributed by atoms with E-state index in [2.05, 4.69) is 10.1 Å². The standard InChI is InChI=1S/C16H19ClN2O4/c1-23-16(22)11-5-6-12(17)13(9-11)18-14(20)10-15(21)19-7-3-2-4-8-19/h5-6,9H,2-4,7-8,10H2,1H3,(H,18,20). The zero-order chi connectivity index (χ0) is 16.8. The fraction of sp³-hybridized carbons (Fsp3) is 0.438. The largest absolute Gasteiger partial charge is 0.465 e. The maximum Gasteiger partial charge on any atom is 0.337 e. The summed E-state index contributed by atoms with van der Waals surface area (Å²) in [7, 11) is 1.27. The van der Waals surface area contributed by atoms with Gasteiger partial charge >= 0.3 is 5.97 Å². The number of hydrogen-bond donors (Lipinski definition) is 1. The van der Waals surface area contributed by atoms with Gasteiger partial charge in [-0.25, -0.2) is 4.79 Å². The first kappa shape index (κ1) is 17.3. The van der Waals surface area contributed by atoms with Crippen molar-refractivity contribution in [3.05, 3.63) is 28.8 Å². The van der Waals surface area contributed by atoms with Crippen LogP contribution in [0.5, 0.6) is 0 Å². The van der Waals surface area contributed by atoms with Gasteiger partial charge in [0.05, 0.1) is 23.4 Å². The van der Waals surface area contributed by atoms with Gasteiger partial charge in [0, 0.05) is 13.1 Å². The monoisotopic (exact) mass is 338 g/mol. The summed E-state index contributed by atoms with van der Waals surface area (Å²) in [6.07, 6.45) is 2.82. The molecule has 0 atom stereocenters. The first-order valence-electron chi connectivity index (χ1n) is 7.46. The molecule has 2 rings (SSSR count). The number of likely N-dealkylation sites (tertiary alicyclic amines) is 1. The first-order chi connectivity index (χ1) is 11.0. The van der Waals surface area contributed by atoms with Crippen molar-refractivity contribution in [2.45, 2.75) is 25.7 Å². The second-order valence-electron chi connectivity index (χ2n) is 5.35. The number of carbonyl (C=O) groups excluding carboxylic acids is 3. The van der Waals surface area contributed by atoms with Crippen LogP contribution in [0.4, 0.5) is 5.69 Å². The molecule has 1 fully saturated rings. The van der Waals surface area contributed by atoms with Gasteiger partial charge < -0.3 is 15.0 Å². The number of nitrogens with zero attached hydrogens (tertiary/aromatic N) is 1. The molecule has 23 heavy (non-hydrogen) atoms. The molecule has 1 heterocycles. The van der Waals surface area contributed by atoms with Crippen LogP contribution < -0.4 is 5.32 Å². The van der Waals surface area contributed by atoms with E-state index in [0.29, 0.717) is 13.1 Å². The molecule has 1 N–H and O–H groups in total. The van der Waals surface area contributed by atoms with Gasteiger partial charge in [-0.1, -0.05) is 11.6 Å². The highest BCUT2D eigenvalue weighted by Gasteiger charge is 2.20. The Labute approximate surface area is 139 Å². The number of amides is 2. The molecular weight excluding hydrogens is 320 g/mol. The van der Waals surface area contributed by atoms with Crippen LogP contribution in [-0.4, -0.2) is 42.9 Å². The van der Waals surface area contributed by atoms with Gasteiger partial charge in [-0.3, -0.25) is 9.59 Å². The Hall–Kier alpha value is -2.08. The third-order valence-electron chi connectivity index (χ3n) is 3.68. The molecule has 0 unspecified atom stereocenters. The number of ether oxygens (including phenoxy) is 1. The summed E-state index contributed by atoms with van der Waals surface area (Å²) < 4.78 is 4.62. The van der Waals surface area contributed by atoms with Crippen LogP contribution in [0.2, 0.25) is 5.02 Å². The number of anilines is 1. The van der Waals surface area contributed by atoms with E-state index in [0.717, 1.165) is 19.3 Å². The Morgan fingerprint density at radius 1 is 1.22 bits per heavy atom. The van der Waals surface area contributed by atoms with Crippen LogP contribution in [0.15, 0.2) is 18.2 Å². The molecule has 1 aromatic carbocycles. The predicted octanol–water partition coefficient (Wildman–Crippen LogP) is 2.47. The molecule has 0 aliphatic carbocycles. The SMILES string of the molecule is COC(=O)c1ccc(Cl)c(NC(=O)CC(=O)N2CCCCC2)c1. The fourth-order valence-corrected chi connectivity index (χ4v) is 2.62. The summed E-state index contributed by atoms with van der Waals surface area (Å²) in [5.41, 5.74) is 0.556. The van der Waals surface area contributed by atoms with Crippen molar-refractivity contribution in [1.82, 2.24) is 4.90 Å². The minimum atomic E-state index is -0.526. The van der Waals surface area contributed by atoms with Gasteiger partial charge in [0.2, 0.25) is 11.8 Å². The maximum atomic E-state index is 12.1. The lowest BCUT2D eigenvalue weighted by atomic mass is 10.1.